The van der Waals surface area contributed by atoms with Crippen LogP contribution in [-0.2, 0) is 0 Å². The van der Waals surface area contributed by atoms with Crippen molar-refractivity contribution in [3.8, 4) is 0 Å². The van der Waals surface area contributed by atoms with Crippen molar-refractivity contribution in [1.29, 1.82) is 0 Å². The summed E-state index contributed by atoms with van der Waals surface area (Å²) in [5.41, 5.74) is 1.26. The average Bonchev–Trinajstić information content (AvgIpc) is 1.87. The predicted octanol–water partition coefficient (Wildman–Crippen LogP) is 1.15. The molecule has 0 aliphatic carbocycles. The van der Waals surface area contributed by atoms with Crippen molar-refractivity contribution in [3.05, 3.63) is 12.2 Å². The molecule has 0 unspecified atom stereocenters. The molecular weight excluding hydrogens is 136 g/mol. The summed E-state index contributed by atoms with van der Waals surface area (Å²) in [6.45, 7) is 10.2. The quantitative estimate of drug-likeness (QED) is 0.564. The third-order valence-corrected chi connectivity index (χ3v) is 1.46. The highest BCUT2D eigenvalue weighted by atomic mass is 14.9. The van der Waals surface area contributed by atoms with Crippen LogP contribution in [0.5, 0.6) is 0 Å². The third-order valence-electron chi connectivity index (χ3n) is 1.46. The number of likely N-dealkylation sites (N-methyl/N-ethyl adjacent to an activating group) is 1. The molecule has 0 radical (unpaired) electrons. The van der Waals surface area contributed by atoms with E-state index in [0.29, 0.717) is 6.04 Å². The van der Waals surface area contributed by atoms with Crippen LogP contribution in [0.25, 0.3) is 0 Å². The average molecular weight is 156 g/mol. The summed E-state index contributed by atoms with van der Waals surface area (Å²) in [5, 5.41) is 6.42. The lowest BCUT2D eigenvalue weighted by Crippen LogP contribution is -2.24. The Bertz CT molecular complexity index is 108. The van der Waals surface area contributed by atoms with Gasteiger partial charge in [0.25, 0.3) is 0 Å². The van der Waals surface area contributed by atoms with Gasteiger partial charge in [-0.15, -0.1) is 0 Å². The van der Waals surface area contributed by atoms with E-state index in [4.69, 9.17) is 0 Å². The Morgan fingerprint density at radius 1 is 1.45 bits per heavy atom. The summed E-state index contributed by atoms with van der Waals surface area (Å²) in [6, 6.07) is 0.581. The molecule has 66 valence electrons. The topological polar surface area (TPSA) is 24.1 Å². The molecule has 0 aromatic rings. The lowest BCUT2D eigenvalue weighted by Gasteiger charge is -2.08. The Balaban J connectivity index is 3.17. The Hall–Kier alpha value is -0.340. The van der Waals surface area contributed by atoms with E-state index in [1.54, 1.807) is 0 Å². The molecule has 0 bridgehead atoms. The molecule has 0 saturated heterocycles. The predicted molar refractivity (Wildman–Crippen MR) is 50.8 cm³/mol. The standard InChI is InChI=1S/C9H20N2/c1-8(2)11-6-5-9(3)7-10-4/h8,10-11H,3,5-7H2,1-2,4H3. The van der Waals surface area contributed by atoms with Gasteiger partial charge in [0.2, 0.25) is 0 Å². The summed E-state index contributed by atoms with van der Waals surface area (Å²) in [4.78, 5) is 0. The van der Waals surface area contributed by atoms with Crippen LogP contribution in [0.15, 0.2) is 12.2 Å². The minimum atomic E-state index is 0.581. The van der Waals surface area contributed by atoms with E-state index in [0.717, 1.165) is 19.5 Å². The van der Waals surface area contributed by atoms with Gasteiger partial charge in [-0.2, -0.15) is 0 Å². The van der Waals surface area contributed by atoms with Gasteiger partial charge < -0.3 is 10.6 Å². The van der Waals surface area contributed by atoms with Gasteiger partial charge in [0.05, 0.1) is 0 Å². The Morgan fingerprint density at radius 3 is 2.55 bits per heavy atom. The second kappa shape index (κ2) is 6.38. The first-order valence-electron chi connectivity index (χ1n) is 4.21. The van der Waals surface area contributed by atoms with Crippen LogP contribution in [0.4, 0.5) is 0 Å². The van der Waals surface area contributed by atoms with Crippen molar-refractivity contribution < 1.29 is 0 Å². The minimum Gasteiger partial charge on any atom is -0.316 e. The van der Waals surface area contributed by atoms with E-state index in [1.165, 1.54) is 5.57 Å². The zero-order valence-corrected chi connectivity index (χ0v) is 7.91. The van der Waals surface area contributed by atoms with Crippen molar-refractivity contribution in [1.82, 2.24) is 10.6 Å². The molecule has 0 aliphatic rings. The molecular formula is C9H20N2. The van der Waals surface area contributed by atoms with E-state index in [2.05, 4.69) is 31.1 Å². The number of rotatable bonds is 6. The highest BCUT2D eigenvalue weighted by Crippen LogP contribution is 1.93. The van der Waals surface area contributed by atoms with Gasteiger partial charge in [0, 0.05) is 12.6 Å². The maximum atomic E-state index is 3.94. The number of nitrogens with one attached hydrogen (secondary N) is 2. The fourth-order valence-corrected chi connectivity index (χ4v) is 0.876. The molecule has 0 amide bonds. The van der Waals surface area contributed by atoms with Crippen LogP contribution in [0.3, 0.4) is 0 Å². The fraction of sp³-hybridized carbons (Fsp3) is 0.778. The number of hydrogen-bond donors (Lipinski definition) is 2. The molecule has 11 heavy (non-hydrogen) atoms. The molecule has 0 fully saturated rings. The summed E-state index contributed by atoms with van der Waals surface area (Å²) >= 11 is 0. The van der Waals surface area contributed by atoms with Crippen LogP contribution in [-0.4, -0.2) is 26.2 Å². The molecule has 0 aliphatic heterocycles. The first-order valence-corrected chi connectivity index (χ1v) is 4.21. The van der Waals surface area contributed by atoms with Crippen LogP contribution >= 0.6 is 0 Å². The van der Waals surface area contributed by atoms with Crippen LogP contribution in [0.1, 0.15) is 20.3 Å². The lowest BCUT2D eigenvalue weighted by molar-refractivity contribution is 0.585. The second-order valence-electron chi connectivity index (χ2n) is 3.14. The molecule has 0 saturated carbocycles. The molecule has 2 heteroatoms. The monoisotopic (exact) mass is 156 g/mol. The smallest absolute Gasteiger partial charge is 0.0159 e. The Labute approximate surface area is 70.1 Å². The van der Waals surface area contributed by atoms with Gasteiger partial charge in [-0.1, -0.05) is 26.0 Å². The zero-order valence-electron chi connectivity index (χ0n) is 7.91. The van der Waals surface area contributed by atoms with Crippen LogP contribution in [0, 0.1) is 0 Å². The first kappa shape index (κ1) is 10.7. The van der Waals surface area contributed by atoms with Crippen molar-refractivity contribution in [2.24, 2.45) is 0 Å². The molecule has 2 N–H and O–H groups in total. The van der Waals surface area contributed by atoms with Gasteiger partial charge in [0.1, 0.15) is 0 Å². The van der Waals surface area contributed by atoms with Gasteiger partial charge >= 0.3 is 0 Å². The van der Waals surface area contributed by atoms with Crippen LogP contribution in [0.2, 0.25) is 0 Å². The molecule has 0 aromatic heterocycles. The highest BCUT2D eigenvalue weighted by Gasteiger charge is 1.93. The van der Waals surface area contributed by atoms with Gasteiger partial charge in [0.15, 0.2) is 0 Å². The normalized spacial score (nSPS) is 10.5. The van der Waals surface area contributed by atoms with Gasteiger partial charge in [-0.25, -0.2) is 0 Å². The summed E-state index contributed by atoms with van der Waals surface area (Å²) in [5.74, 6) is 0. The first-order chi connectivity index (χ1) is 5.16. The zero-order chi connectivity index (χ0) is 8.69. The van der Waals surface area contributed by atoms with Crippen molar-refractivity contribution in [3.63, 3.8) is 0 Å². The van der Waals surface area contributed by atoms with Crippen molar-refractivity contribution in [2.75, 3.05) is 20.1 Å². The summed E-state index contributed by atoms with van der Waals surface area (Å²) < 4.78 is 0. The number of hydrogen-bond acceptors (Lipinski definition) is 2. The van der Waals surface area contributed by atoms with Crippen molar-refractivity contribution in [2.45, 2.75) is 26.3 Å². The van der Waals surface area contributed by atoms with E-state index in [9.17, 15) is 0 Å². The van der Waals surface area contributed by atoms with E-state index in [1.807, 2.05) is 7.05 Å². The largest absolute Gasteiger partial charge is 0.316 e. The van der Waals surface area contributed by atoms with Gasteiger partial charge in [-0.3, -0.25) is 0 Å². The van der Waals surface area contributed by atoms with E-state index >= 15 is 0 Å². The fourth-order valence-electron chi connectivity index (χ4n) is 0.876. The second-order valence-corrected chi connectivity index (χ2v) is 3.14. The van der Waals surface area contributed by atoms with Crippen molar-refractivity contribution >= 4 is 0 Å². The van der Waals surface area contributed by atoms with E-state index in [-0.39, 0.29) is 0 Å². The Kier molecular flexibility index (Phi) is 6.18. The summed E-state index contributed by atoms with van der Waals surface area (Å²) in [7, 11) is 1.95. The maximum absolute atomic E-state index is 3.94. The molecule has 2 nitrogen and oxygen atoms in total. The van der Waals surface area contributed by atoms with Gasteiger partial charge in [-0.05, 0) is 20.0 Å². The summed E-state index contributed by atoms with van der Waals surface area (Å²) in [6.07, 6.45) is 1.07. The molecule has 0 aromatic carbocycles. The molecule has 0 heterocycles. The van der Waals surface area contributed by atoms with Crippen LogP contribution < -0.4 is 10.6 Å². The Morgan fingerprint density at radius 2 is 2.09 bits per heavy atom. The molecule has 0 rings (SSSR count). The van der Waals surface area contributed by atoms with E-state index < -0.39 is 0 Å². The molecule has 0 spiro atoms. The molecule has 0 atom stereocenters. The maximum Gasteiger partial charge on any atom is 0.0159 e. The highest BCUT2D eigenvalue weighted by molar-refractivity contribution is 4.96. The SMILES string of the molecule is C=C(CCNC(C)C)CNC. The lowest BCUT2D eigenvalue weighted by atomic mass is 10.2. The minimum absolute atomic E-state index is 0.581. The third kappa shape index (κ3) is 7.56.